The van der Waals surface area contributed by atoms with Gasteiger partial charge in [-0.15, -0.1) is 0 Å². The second kappa shape index (κ2) is 13.2. The molecule has 3 N–H and O–H groups in total. The van der Waals surface area contributed by atoms with Gasteiger partial charge in [-0.3, -0.25) is 29.3 Å². The molecule has 0 fully saturated rings. The van der Waals surface area contributed by atoms with Crippen LogP contribution in [0.4, 0.5) is 11.4 Å². The Morgan fingerprint density at radius 2 is 1.17 bits per heavy atom. The molecular formula is C16H23BN3O8S. The average Bonchev–Trinajstić information content (AvgIpc) is 2.54. The van der Waals surface area contributed by atoms with Crippen molar-refractivity contribution in [1.29, 1.82) is 5.31 Å². The van der Waals surface area contributed by atoms with Crippen LogP contribution < -0.4 is 0 Å². The molecule has 0 atom stereocenters. The maximum atomic E-state index is 10.5. The number of nitro benzene ring substituents is 2. The van der Waals surface area contributed by atoms with Crippen molar-refractivity contribution >= 4 is 29.4 Å². The molecule has 13 heteroatoms. The number of hydrogen-bond donors (Lipinski definition) is 3. The summed E-state index contributed by atoms with van der Waals surface area (Å²) in [5.41, 5.74) is 3.09. The summed E-state index contributed by atoms with van der Waals surface area (Å²) in [7, 11) is -0.917. The molecular weight excluding hydrogens is 405 g/mol. The molecule has 0 aliphatic rings. The fourth-order valence-electron chi connectivity index (χ4n) is 2.03. The van der Waals surface area contributed by atoms with Crippen LogP contribution in [-0.4, -0.2) is 35.0 Å². The Bertz CT molecular complexity index is 897. The zero-order chi connectivity index (χ0) is 23.4. The van der Waals surface area contributed by atoms with Gasteiger partial charge >= 0.3 is 23.3 Å². The summed E-state index contributed by atoms with van der Waals surface area (Å²) in [6, 6.07) is 10.9. The predicted molar refractivity (Wildman–Crippen MR) is 110 cm³/mol. The van der Waals surface area contributed by atoms with E-state index >= 15 is 0 Å². The second-order valence-electron chi connectivity index (χ2n) is 5.55. The van der Waals surface area contributed by atoms with Crippen molar-refractivity contribution < 1.29 is 28.8 Å². The molecule has 0 aromatic heterocycles. The van der Waals surface area contributed by atoms with Gasteiger partial charge in [-0.1, -0.05) is 35.4 Å². The fraction of sp³-hybridized carbons (Fsp3) is 0.250. The van der Waals surface area contributed by atoms with E-state index in [4.69, 9.17) is 22.8 Å². The third kappa shape index (κ3) is 13.7. The molecule has 2 aromatic carbocycles. The maximum absolute atomic E-state index is 10.5. The Morgan fingerprint density at radius 1 is 0.862 bits per heavy atom. The quantitative estimate of drug-likeness (QED) is 0.277. The van der Waals surface area contributed by atoms with Crippen molar-refractivity contribution in [2.24, 2.45) is 0 Å². The SMILES string of the molecule is Cc1cc(C)c([N+](=O)[O-])cc1[N+](=O)[O-].Cc1cccc(C)c1.O=S(=O)(O)O.[2HH].[B]=N. The number of rotatable bonds is 2. The van der Waals surface area contributed by atoms with Crippen LogP contribution in [0.3, 0.4) is 0 Å². The van der Waals surface area contributed by atoms with Crippen LogP contribution in [0.2, 0.25) is 0 Å². The topological polar surface area (TPSA) is 185 Å². The van der Waals surface area contributed by atoms with E-state index < -0.39 is 20.2 Å². The third-order valence-electron chi connectivity index (χ3n) is 3.08. The molecule has 0 spiro atoms. The van der Waals surface area contributed by atoms with Gasteiger partial charge in [0.25, 0.3) is 11.4 Å². The average molecular weight is 429 g/mol. The molecule has 0 heterocycles. The Hall–Kier alpha value is -3.03. The van der Waals surface area contributed by atoms with Gasteiger partial charge in [-0.05, 0) is 33.8 Å². The first-order valence-electron chi connectivity index (χ1n) is 7.64. The van der Waals surface area contributed by atoms with E-state index in [1.165, 1.54) is 17.2 Å². The van der Waals surface area contributed by atoms with Gasteiger partial charge in [0.1, 0.15) is 0 Å². The van der Waals surface area contributed by atoms with Gasteiger partial charge in [-0.2, -0.15) is 8.42 Å². The molecule has 11 nitrogen and oxygen atoms in total. The van der Waals surface area contributed by atoms with E-state index in [9.17, 15) is 20.2 Å². The van der Waals surface area contributed by atoms with Gasteiger partial charge in [0.05, 0.1) is 15.9 Å². The summed E-state index contributed by atoms with van der Waals surface area (Å²) in [6.07, 6.45) is 0. The molecule has 2 rings (SSSR count). The van der Waals surface area contributed by atoms with Crippen LogP contribution in [-0.2, 0) is 10.4 Å². The first kappa shape index (κ1) is 28.2. The van der Waals surface area contributed by atoms with Gasteiger partial charge in [0, 0.05) is 12.6 Å². The number of aryl methyl sites for hydroxylation is 4. The molecule has 0 aliphatic carbocycles. The molecule has 159 valence electrons. The molecule has 0 unspecified atom stereocenters. The van der Waals surface area contributed by atoms with E-state index in [2.05, 4.69) is 45.8 Å². The molecule has 0 bridgehead atoms. The summed E-state index contributed by atoms with van der Waals surface area (Å²) in [4.78, 5) is 19.7. The van der Waals surface area contributed by atoms with E-state index in [-0.39, 0.29) is 12.8 Å². The molecule has 0 saturated heterocycles. The number of nitro groups is 2. The summed E-state index contributed by atoms with van der Waals surface area (Å²) in [5.74, 6) is 0. The number of nitrogens with one attached hydrogen (secondary N) is 1. The molecule has 0 amide bonds. The van der Waals surface area contributed by atoms with Gasteiger partial charge in [-0.25, -0.2) is 0 Å². The zero-order valence-electron chi connectivity index (χ0n) is 16.2. The number of benzene rings is 2. The zero-order valence-corrected chi connectivity index (χ0v) is 17.0. The third-order valence-corrected chi connectivity index (χ3v) is 3.08. The summed E-state index contributed by atoms with van der Waals surface area (Å²) in [6.45, 7) is 7.31. The van der Waals surface area contributed by atoms with Crippen LogP contribution in [0.1, 0.15) is 23.7 Å². The van der Waals surface area contributed by atoms with Crippen molar-refractivity contribution in [1.82, 2.24) is 0 Å². The van der Waals surface area contributed by atoms with Crippen LogP contribution in [0.25, 0.3) is 0 Å². The van der Waals surface area contributed by atoms with Crippen molar-refractivity contribution in [2.45, 2.75) is 27.7 Å². The molecule has 0 saturated carbocycles. The van der Waals surface area contributed by atoms with E-state index in [1.54, 1.807) is 13.8 Å². The molecule has 2 aromatic rings. The Morgan fingerprint density at radius 3 is 1.38 bits per heavy atom. The molecule has 29 heavy (non-hydrogen) atoms. The van der Waals surface area contributed by atoms with Crippen molar-refractivity contribution in [2.75, 3.05) is 0 Å². The van der Waals surface area contributed by atoms with Crippen molar-refractivity contribution in [3.8, 4) is 0 Å². The summed E-state index contributed by atoms with van der Waals surface area (Å²) in [5, 5.41) is 26.2. The molecule has 1 radical (unpaired) electrons. The van der Waals surface area contributed by atoms with E-state index in [0.29, 0.717) is 11.1 Å². The Balaban J connectivity index is -0.000000387. The van der Waals surface area contributed by atoms with Crippen LogP contribution in [0, 0.1) is 53.2 Å². The van der Waals surface area contributed by atoms with Crippen LogP contribution >= 0.6 is 0 Å². The number of hydrogen-bond acceptors (Lipinski definition) is 7. The van der Waals surface area contributed by atoms with Crippen LogP contribution in [0.15, 0.2) is 36.4 Å². The summed E-state index contributed by atoms with van der Waals surface area (Å²) < 4.78 is 31.6. The first-order chi connectivity index (χ1) is 13.2. The van der Waals surface area contributed by atoms with Crippen molar-refractivity contribution in [3.05, 3.63) is 78.9 Å². The normalized spacial score (nSPS) is 9.41. The van der Waals surface area contributed by atoms with Gasteiger partial charge < -0.3 is 0 Å². The first-order valence-corrected chi connectivity index (χ1v) is 9.04. The summed E-state index contributed by atoms with van der Waals surface area (Å²) >= 11 is 0. The Labute approximate surface area is 170 Å². The Kier molecular flexibility index (Phi) is 12.8. The van der Waals surface area contributed by atoms with E-state index in [0.717, 1.165) is 6.07 Å². The fourth-order valence-corrected chi connectivity index (χ4v) is 2.03. The monoisotopic (exact) mass is 429 g/mol. The van der Waals surface area contributed by atoms with Crippen LogP contribution in [0.5, 0.6) is 0 Å². The minimum absolute atomic E-state index is 0. The van der Waals surface area contributed by atoms with E-state index in [1.807, 2.05) is 0 Å². The molecule has 0 aliphatic heterocycles. The van der Waals surface area contributed by atoms with Crippen molar-refractivity contribution in [3.63, 3.8) is 0 Å². The minimum atomic E-state index is -4.67. The predicted octanol–water partition coefficient (Wildman–Crippen LogP) is 3.93. The number of nitrogens with zero attached hydrogens (tertiary/aromatic N) is 2. The standard InChI is InChI=1S/C8H8N2O4.C8H10.BHN.H2O4S.H2/c1-5-3-6(2)8(10(13)14)4-7(5)9(11)12;1-7-4-3-5-8(2)6-7;1-2;1-5(2,3)4;/h3-4H,1-2H3;3-6H,1-2H3;2H;(H2,1,2,3,4);1H/i;;;;1+1. The van der Waals surface area contributed by atoms with Gasteiger partial charge in [0.2, 0.25) is 0 Å². The van der Waals surface area contributed by atoms with Gasteiger partial charge in [0.15, 0.2) is 0 Å². The second-order valence-corrected chi connectivity index (χ2v) is 6.44.